The molecule has 5 heteroatoms. The molecule has 14 heavy (non-hydrogen) atoms. The van der Waals surface area contributed by atoms with Crippen LogP contribution in [0.5, 0.6) is 0 Å². The van der Waals surface area contributed by atoms with Gasteiger partial charge in [-0.1, -0.05) is 5.16 Å². The van der Waals surface area contributed by atoms with E-state index in [9.17, 15) is 4.79 Å². The summed E-state index contributed by atoms with van der Waals surface area (Å²) >= 11 is 0. The van der Waals surface area contributed by atoms with Gasteiger partial charge in [-0.2, -0.15) is 4.98 Å². The lowest BCUT2D eigenvalue weighted by Crippen LogP contribution is -2.03. The Bertz CT molecular complexity index is 305. The van der Waals surface area contributed by atoms with Gasteiger partial charge in [0.2, 0.25) is 5.89 Å². The summed E-state index contributed by atoms with van der Waals surface area (Å²) in [6, 6.07) is 0. The fraction of sp³-hybridized carbons (Fsp3) is 0.667. The van der Waals surface area contributed by atoms with Gasteiger partial charge in [0, 0.05) is 19.6 Å². The largest absolute Gasteiger partial charge is 0.381 e. The van der Waals surface area contributed by atoms with Gasteiger partial charge in [0.1, 0.15) is 6.29 Å². The minimum Gasteiger partial charge on any atom is -0.381 e. The highest BCUT2D eigenvalue weighted by Gasteiger charge is 2.19. The monoisotopic (exact) mass is 196 g/mol. The van der Waals surface area contributed by atoms with Crippen molar-refractivity contribution in [3.8, 4) is 0 Å². The van der Waals surface area contributed by atoms with Crippen molar-refractivity contribution < 1.29 is 14.1 Å². The van der Waals surface area contributed by atoms with Crippen molar-refractivity contribution in [1.29, 1.82) is 0 Å². The zero-order valence-corrected chi connectivity index (χ0v) is 7.81. The van der Waals surface area contributed by atoms with E-state index in [1.54, 1.807) is 0 Å². The minimum absolute atomic E-state index is 0.227. The van der Waals surface area contributed by atoms with Crippen molar-refractivity contribution >= 4 is 6.29 Å². The smallest absolute Gasteiger partial charge is 0.227 e. The molecule has 0 bridgehead atoms. The van der Waals surface area contributed by atoms with Crippen molar-refractivity contribution in [2.45, 2.75) is 19.3 Å². The van der Waals surface area contributed by atoms with Crippen LogP contribution in [0.2, 0.25) is 0 Å². The Morgan fingerprint density at radius 1 is 1.57 bits per heavy atom. The van der Waals surface area contributed by atoms with Crippen LogP contribution in [0.4, 0.5) is 0 Å². The van der Waals surface area contributed by atoms with Crippen molar-refractivity contribution in [3.63, 3.8) is 0 Å². The first-order chi connectivity index (χ1) is 6.88. The van der Waals surface area contributed by atoms with Gasteiger partial charge in [0.05, 0.1) is 6.42 Å². The van der Waals surface area contributed by atoms with Crippen LogP contribution in [0, 0.1) is 5.92 Å². The van der Waals surface area contributed by atoms with Gasteiger partial charge in [-0.05, 0) is 12.3 Å². The molecule has 0 amide bonds. The molecule has 0 saturated carbocycles. The molecule has 0 aliphatic carbocycles. The molecule has 76 valence electrons. The maximum Gasteiger partial charge on any atom is 0.227 e. The van der Waals surface area contributed by atoms with E-state index < -0.39 is 0 Å². The maximum atomic E-state index is 10.2. The Kier molecular flexibility index (Phi) is 2.88. The van der Waals surface area contributed by atoms with Gasteiger partial charge < -0.3 is 14.1 Å². The first-order valence-corrected chi connectivity index (χ1v) is 4.71. The standard InChI is InChI=1S/C9H12N2O3/c12-3-1-8-10-9(14-11-8)5-7-2-4-13-6-7/h3,7H,1-2,4-6H2. The predicted octanol–water partition coefficient (Wildman–Crippen LogP) is 0.390. The molecule has 2 heterocycles. The third-order valence-electron chi connectivity index (χ3n) is 2.26. The molecule has 1 aromatic rings. The van der Waals surface area contributed by atoms with Crippen LogP contribution in [0.3, 0.4) is 0 Å². The summed E-state index contributed by atoms with van der Waals surface area (Å²) in [6.07, 6.45) is 2.80. The molecule has 1 aromatic heterocycles. The van der Waals surface area contributed by atoms with E-state index in [1.807, 2.05) is 0 Å². The average molecular weight is 196 g/mol. The first-order valence-electron chi connectivity index (χ1n) is 4.71. The van der Waals surface area contributed by atoms with Gasteiger partial charge in [-0.3, -0.25) is 0 Å². The van der Waals surface area contributed by atoms with Crippen LogP contribution in [-0.4, -0.2) is 29.6 Å². The second kappa shape index (κ2) is 4.32. The zero-order valence-electron chi connectivity index (χ0n) is 7.81. The summed E-state index contributed by atoms with van der Waals surface area (Å²) in [4.78, 5) is 14.3. The Morgan fingerprint density at radius 3 is 3.21 bits per heavy atom. The molecule has 1 fully saturated rings. The van der Waals surface area contributed by atoms with Crippen LogP contribution in [-0.2, 0) is 22.4 Å². The minimum atomic E-state index is 0.227. The lowest BCUT2D eigenvalue weighted by atomic mass is 10.1. The molecule has 1 aliphatic heterocycles. The van der Waals surface area contributed by atoms with Gasteiger partial charge in [-0.25, -0.2) is 0 Å². The summed E-state index contributed by atoms with van der Waals surface area (Å²) in [5.41, 5.74) is 0. The highest BCUT2D eigenvalue weighted by molar-refractivity contribution is 5.52. The van der Waals surface area contributed by atoms with Crippen LogP contribution in [0.1, 0.15) is 18.1 Å². The number of rotatable bonds is 4. The second-order valence-corrected chi connectivity index (χ2v) is 3.41. The number of hydrogen-bond donors (Lipinski definition) is 0. The molecule has 1 aliphatic rings. The number of hydrogen-bond acceptors (Lipinski definition) is 5. The van der Waals surface area contributed by atoms with E-state index in [4.69, 9.17) is 9.26 Å². The molecule has 0 aromatic carbocycles. The second-order valence-electron chi connectivity index (χ2n) is 3.41. The molecule has 1 unspecified atom stereocenters. The normalized spacial score (nSPS) is 21.3. The molecule has 0 N–H and O–H groups in total. The highest BCUT2D eigenvalue weighted by atomic mass is 16.5. The topological polar surface area (TPSA) is 65.2 Å². The van der Waals surface area contributed by atoms with E-state index in [2.05, 4.69) is 10.1 Å². The molecule has 0 radical (unpaired) electrons. The van der Waals surface area contributed by atoms with E-state index >= 15 is 0 Å². The number of carbonyl (C=O) groups is 1. The maximum absolute atomic E-state index is 10.2. The third kappa shape index (κ3) is 2.17. The average Bonchev–Trinajstić information content (AvgIpc) is 2.79. The third-order valence-corrected chi connectivity index (χ3v) is 2.26. The van der Waals surface area contributed by atoms with Crippen LogP contribution < -0.4 is 0 Å². The molecule has 2 rings (SSSR count). The van der Waals surface area contributed by atoms with Gasteiger partial charge in [0.25, 0.3) is 0 Å². The van der Waals surface area contributed by atoms with Crippen LogP contribution in [0.15, 0.2) is 4.52 Å². The number of aromatic nitrogens is 2. The molecule has 5 nitrogen and oxygen atoms in total. The van der Waals surface area contributed by atoms with Gasteiger partial charge >= 0.3 is 0 Å². The van der Waals surface area contributed by atoms with E-state index in [1.165, 1.54) is 0 Å². The zero-order chi connectivity index (χ0) is 9.80. The summed E-state index contributed by atoms with van der Waals surface area (Å²) in [5, 5.41) is 3.69. The van der Waals surface area contributed by atoms with Crippen molar-refractivity contribution in [2.24, 2.45) is 5.92 Å². The lowest BCUT2D eigenvalue weighted by molar-refractivity contribution is -0.107. The fourth-order valence-electron chi connectivity index (χ4n) is 1.52. The Hall–Kier alpha value is -1.23. The number of carbonyl (C=O) groups excluding carboxylic acids is 1. The lowest BCUT2D eigenvalue weighted by Gasteiger charge is -2.00. The molecular weight excluding hydrogens is 184 g/mol. The van der Waals surface area contributed by atoms with Gasteiger partial charge in [0.15, 0.2) is 5.82 Å². The molecule has 1 saturated heterocycles. The number of ether oxygens (including phenoxy) is 1. The summed E-state index contributed by atoms with van der Waals surface area (Å²) in [5.74, 6) is 1.56. The number of nitrogens with zero attached hydrogens (tertiary/aromatic N) is 2. The molecular formula is C9H12N2O3. The molecule has 0 spiro atoms. The van der Waals surface area contributed by atoms with Crippen LogP contribution in [0.25, 0.3) is 0 Å². The summed E-state index contributed by atoms with van der Waals surface area (Å²) in [7, 11) is 0. The van der Waals surface area contributed by atoms with Crippen LogP contribution >= 0.6 is 0 Å². The summed E-state index contributed by atoms with van der Waals surface area (Å²) < 4.78 is 10.2. The van der Waals surface area contributed by atoms with E-state index in [0.717, 1.165) is 32.3 Å². The van der Waals surface area contributed by atoms with Gasteiger partial charge in [-0.15, -0.1) is 0 Å². The quantitative estimate of drug-likeness (QED) is 0.652. The van der Waals surface area contributed by atoms with Crippen molar-refractivity contribution in [2.75, 3.05) is 13.2 Å². The predicted molar refractivity (Wildman–Crippen MR) is 46.7 cm³/mol. The summed E-state index contributed by atoms with van der Waals surface area (Å²) in [6.45, 7) is 1.59. The first kappa shape index (κ1) is 9.33. The number of aldehydes is 1. The van der Waals surface area contributed by atoms with Crippen molar-refractivity contribution in [3.05, 3.63) is 11.7 Å². The SMILES string of the molecule is O=CCc1noc(CC2CCOC2)n1. The Balaban J connectivity index is 1.91. The van der Waals surface area contributed by atoms with Crippen molar-refractivity contribution in [1.82, 2.24) is 10.1 Å². The van der Waals surface area contributed by atoms with E-state index in [0.29, 0.717) is 17.6 Å². The highest BCUT2D eigenvalue weighted by Crippen LogP contribution is 2.16. The van der Waals surface area contributed by atoms with E-state index in [-0.39, 0.29) is 6.42 Å². The Labute approximate surface area is 81.4 Å². The fourth-order valence-corrected chi connectivity index (χ4v) is 1.52. The molecule has 1 atom stereocenters. The Morgan fingerprint density at radius 2 is 2.50 bits per heavy atom.